The van der Waals surface area contributed by atoms with E-state index >= 15 is 0 Å². The molecule has 0 atom stereocenters. The van der Waals surface area contributed by atoms with Gasteiger partial charge in [0.1, 0.15) is 4.64 Å². The van der Waals surface area contributed by atoms with Gasteiger partial charge < -0.3 is 0 Å². The molecular weight excluding hydrogens is 218 g/mol. The van der Waals surface area contributed by atoms with Gasteiger partial charge in [-0.2, -0.15) is 0 Å². The zero-order chi connectivity index (χ0) is 11.5. The van der Waals surface area contributed by atoms with Crippen LogP contribution in [0.1, 0.15) is 24.6 Å². The van der Waals surface area contributed by atoms with Crippen molar-refractivity contribution in [3.8, 4) is 5.82 Å². The summed E-state index contributed by atoms with van der Waals surface area (Å²) < 4.78 is 2.63. The van der Waals surface area contributed by atoms with Crippen molar-refractivity contribution in [3.05, 3.63) is 40.3 Å². The van der Waals surface area contributed by atoms with E-state index in [4.69, 9.17) is 12.2 Å². The molecule has 84 valence electrons. The van der Waals surface area contributed by atoms with Crippen LogP contribution in [-0.4, -0.2) is 14.8 Å². The molecule has 0 unspecified atom stereocenters. The van der Waals surface area contributed by atoms with Gasteiger partial charge >= 0.3 is 0 Å². The molecular formula is C12H15N3S. The lowest BCUT2D eigenvalue weighted by Gasteiger charge is -2.02. The number of aromatic nitrogens is 3. The molecule has 2 rings (SSSR count). The topological polar surface area (TPSA) is 33.6 Å². The molecule has 0 aromatic carbocycles. The average molecular weight is 233 g/mol. The molecule has 0 bridgehead atoms. The number of aromatic amines is 1. The van der Waals surface area contributed by atoms with Gasteiger partial charge in [-0.15, -0.1) is 0 Å². The quantitative estimate of drug-likeness (QED) is 0.826. The van der Waals surface area contributed by atoms with Crippen LogP contribution in [0.5, 0.6) is 0 Å². The molecule has 0 saturated carbocycles. The van der Waals surface area contributed by atoms with E-state index in [0.717, 1.165) is 29.0 Å². The van der Waals surface area contributed by atoms with E-state index in [2.05, 4.69) is 17.0 Å². The molecule has 4 heteroatoms. The van der Waals surface area contributed by atoms with E-state index in [0.29, 0.717) is 0 Å². The van der Waals surface area contributed by atoms with Crippen molar-refractivity contribution in [2.75, 3.05) is 0 Å². The molecule has 0 spiro atoms. The highest BCUT2D eigenvalue weighted by Gasteiger charge is 2.03. The number of nitrogens with one attached hydrogen (secondary N) is 1. The maximum atomic E-state index is 5.30. The molecule has 0 aliphatic heterocycles. The highest BCUT2D eigenvalue weighted by molar-refractivity contribution is 7.71. The molecule has 0 fully saturated rings. The third kappa shape index (κ3) is 2.22. The first-order chi connectivity index (χ1) is 7.70. The first-order valence-corrected chi connectivity index (χ1v) is 5.85. The van der Waals surface area contributed by atoms with Crippen molar-refractivity contribution in [1.82, 2.24) is 14.8 Å². The number of H-pyrrole nitrogens is 1. The SMILES string of the molecule is CCCc1cc(=S)n(-c2cc(C)ccn2)[nH]1. The van der Waals surface area contributed by atoms with Gasteiger partial charge in [-0.05, 0) is 37.1 Å². The first kappa shape index (κ1) is 11.1. The molecule has 2 aromatic heterocycles. The number of aryl methyl sites for hydroxylation is 2. The van der Waals surface area contributed by atoms with E-state index < -0.39 is 0 Å². The third-order valence-electron chi connectivity index (χ3n) is 2.42. The summed E-state index contributed by atoms with van der Waals surface area (Å²) in [7, 11) is 0. The van der Waals surface area contributed by atoms with E-state index in [1.807, 2.05) is 29.8 Å². The van der Waals surface area contributed by atoms with Crippen LogP contribution in [0.2, 0.25) is 0 Å². The van der Waals surface area contributed by atoms with Gasteiger partial charge in [0.2, 0.25) is 0 Å². The summed E-state index contributed by atoms with van der Waals surface area (Å²) in [6.07, 6.45) is 3.92. The second kappa shape index (κ2) is 4.61. The minimum atomic E-state index is 0.779. The van der Waals surface area contributed by atoms with Crippen LogP contribution in [0.4, 0.5) is 0 Å². The van der Waals surface area contributed by atoms with Gasteiger partial charge in [0.15, 0.2) is 5.82 Å². The summed E-state index contributed by atoms with van der Waals surface area (Å²) in [5, 5.41) is 3.28. The Morgan fingerprint density at radius 1 is 1.44 bits per heavy atom. The van der Waals surface area contributed by atoms with E-state index in [9.17, 15) is 0 Å². The van der Waals surface area contributed by atoms with Gasteiger partial charge in [0.25, 0.3) is 0 Å². The predicted octanol–water partition coefficient (Wildman–Crippen LogP) is 3.19. The summed E-state index contributed by atoms with van der Waals surface area (Å²) in [5.74, 6) is 0.854. The molecule has 0 amide bonds. The lowest BCUT2D eigenvalue weighted by Crippen LogP contribution is -2.00. The van der Waals surface area contributed by atoms with Gasteiger partial charge in [-0.1, -0.05) is 25.6 Å². The number of pyridine rings is 1. The van der Waals surface area contributed by atoms with Crippen LogP contribution in [-0.2, 0) is 6.42 Å². The van der Waals surface area contributed by atoms with E-state index in [1.54, 1.807) is 6.20 Å². The van der Waals surface area contributed by atoms with Crippen LogP contribution in [0, 0.1) is 11.6 Å². The molecule has 0 aliphatic carbocycles. The molecule has 1 N–H and O–H groups in total. The zero-order valence-corrected chi connectivity index (χ0v) is 10.3. The van der Waals surface area contributed by atoms with Crippen LogP contribution >= 0.6 is 12.2 Å². The summed E-state index contributed by atoms with van der Waals surface area (Å²) in [6.45, 7) is 4.20. The number of hydrogen-bond donors (Lipinski definition) is 1. The Labute approximate surface area is 100 Å². The van der Waals surface area contributed by atoms with Crippen molar-refractivity contribution in [2.24, 2.45) is 0 Å². The minimum absolute atomic E-state index is 0.779. The predicted molar refractivity (Wildman–Crippen MR) is 67.5 cm³/mol. The first-order valence-electron chi connectivity index (χ1n) is 5.44. The fourth-order valence-corrected chi connectivity index (χ4v) is 1.94. The number of nitrogens with zero attached hydrogens (tertiary/aromatic N) is 2. The Bertz CT molecular complexity index is 539. The van der Waals surface area contributed by atoms with Gasteiger partial charge in [0.05, 0.1) is 0 Å². The van der Waals surface area contributed by atoms with Gasteiger partial charge in [-0.3, -0.25) is 5.10 Å². The standard InChI is InChI=1S/C12H15N3S/c1-3-4-10-8-12(16)15(14-10)11-7-9(2)5-6-13-11/h5-8,14H,3-4H2,1-2H3. The number of rotatable bonds is 3. The van der Waals surface area contributed by atoms with Crippen molar-refractivity contribution >= 4 is 12.2 Å². The smallest absolute Gasteiger partial charge is 0.152 e. The molecule has 0 aliphatic rings. The van der Waals surface area contributed by atoms with Crippen LogP contribution in [0.15, 0.2) is 24.4 Å². The second-order valence-electron chi connectivity index (χ2n) is 3.90. The lowest BCUT2D eigenvalue weighted by molar-refractivity contribution is 0.784. The van der Waals surface area contributed by atoms with Crippen molar-refractivity contribution in [2.45, 2.75) is 26.7 Å². The molecule has 2 aromatic rings. The summed E-state index contributed by atoms with van der Waals surface area (Å²) in [4.78, 5) is 4.31. The molecule has 3 nitrogen and oxygen atoms in total. The fraction of sp³-hybridized carbons (Fsp3) is 0.333. The van der Waals surface area contributed by atoms with E-state index in [-0.39, 0.29) is 0 Å². The largest absolute Gasteiger partial charge is 0.296 e. The second-order valence-corrected chi connectivity index (χ2v) is 4.31. The Morgan fingerprint density at radius 3 is 2.94 bits per heavy atom. The van der Waals surface area contributed by atoms with Crippen LogP contribution < -0.4 is 0 Å². The molecule has 0 saturated heterocycles. The van der Waals surface area contributed by atoms with Gasteiger partial charge in [-0.25, -0.2) is 9.67 Å². The van der Waals surface area contributed by atoms with Crippen LogP contribution in [0.3, 0.4) is 0 Å². The Kier molecular flexibility index (Phi) is 3.19. The Morgan fingerprint density at radius 2 is 2.25 bits per heavy atom. The highest BCUT2D eigenvalue weighted by atomic mass is 32.1. The highest BCUT2D eigenvalue weighted by Crippen LogP contribution is 2.09. The molecule has 2 heterocycles. The molecule has 0 radical (unpaired) electrons. The maximum absolute atomic E-state index is 5.30. The van der Waals surface area contributed by atoms with Crippen molar-refractivity contribution < 1.29 is 0 Å². The maximum Gasteiger partial charge on any atom is 0.152 e. The number of hydrogen-bond acceptors (Lipinski definition) is 2. The van der Waals surface area contributed by atoms with E-state index in [1.165, 1.54) is 5.56 Å². The monoisotopic (exact) mass is 233 g/mol. The minimum Gasteiger partial charge on any atom is -0.296 e. The lowest BCUT2D eigenvalue weighted by atomic mass is 10.3. The third-order valence-corrected chi connectivity index (χ3v) is 2.72. The van der Waals surface area contributed by atoms with Crippen molar-refractivity contribution in [3.63, 3.8) is 0 Å². The molecule has 16 heavy (non-hydrogen) atoms. The zero-order valence-electron chi connectivity index (χ0n) is 9.53. The summed E-state index contributed by atoms with van der Waals surface area (Å²) in [6, 6.07) is 5.99. The van der Waals surface area contributed by atoms with Crippen LogP contribution in [0.25, 0.3) is 5.82 Å². The van der Waals surface area contributed by atoms with Crippen molar-refractivity contribution in [1.29, 1.82) is 0 Å². The Hall–Kier alpha value is -1.42. The summed E-state index contributed by atoms with van der Waals surface area (Å²) in [5.41, 5.74) is 2.34. The Balaban J connectivity index is 2.44. The normalized spacial score (nSPS) is 10.6. The summed E-state index contributed by atoms with van der Waals surface area (Å²) >= 11 is 5.30. The fourth-order valence-electron chi connectivity index (χ4n) is 1.65. The van der Waals surface area contributed by atoms with Gasteiger partial charge in [0, 0.05) is 11.9 Å². The average Bonchev–Trinajstić information content (AvgIpc) is 2.60.